The number of carbonyl (C=O) groups is 2. The third kappa shape index (κ3) is 4.42. The smallest absolute Gasteiger partial charge is 0.360 e. The van der Waals surface area contributed by atoms with E-state index in [2.05, 4.69) is 15.6 Å². The molecule has 1 unspecified atom stereocenters. The molecule has 0 saturated heterocycles. The highest BCUT2D eigenvalue weighted by atomic mass is 35.5. The minimum Gasteiger partial charge on any atom is -0.461 e. The number of nitrogens with zero attached hydrogens (tertiary/aromatic N) is 3. The molecule has 7 nitrogen and oxygen atoms in total. The van der Waals surface area contributed by atoms with Gasteiger partial charge in [0.05, 0.1) is 18.2 Å². The van der Waals surface area contributed by atoms with E-state index in [9.17, 15) is 9.59 Å². The van der Waals surface area contributed by atoms with E-state index in [0.717, 1.165) is 12.8 Å². The second-order valence-corrected chi connectivity index (χ2v) is 4.77. The van der Waals surface area contributed by atoms with Crippen molar-refractivity contribution in [2.45, 2.75) is 45.5 Å². The molecule has 0 radical (unpaired) electrons. The van der Waals surface area contributed by atoms with E-state index in [0.29, 0.717) is 12.2 Å². The molecule has 118 valence electrons. The summed E-state index contributed by atoms with van der Waals surface area (Å²) in [5.74, 6) is -0.749. The predicted octanol–water partition coefficient (Wildman–Crippen LogP) is 1.67. The lowest BCUT2D eigenvalue weighted by Gasteiger charge is -2.14. The van der Waals surface area contributed by atoms with Crippen LogP contribution in [0.25, 0.3) is 0 Å². The molecule has 0 aliphatic carbocycles. The Balaban J connectivity index is 2.87. The maximum atomic E-state index is 12.0. The summed E-state index contributed by atoms with van der Waals surface area (Å²) in [6.45, 7) is 6.27. The molecular formula is C13H21ClN4O3. The summed E-state index contributed by atoms with van der Waals surface area (Å²) in [5, 5.41) is 10.4. The first-order valence-electron chi connectivity index (χ1n) is 7.01. The lowest BCUT2D eigenvalue weighted by atomic mass is 10.2. The number of alkyl halides is 1. The highest BCUT2D eigenvalue weighted by Crippen LogP contribution is 2.15. The SMILES string of the molecule is CCCCNC(=O)C(C)n1nnc(C(=O)OCC)c1CCl. The Bertz CT molecular complexity index is 490. The molecule has 0 bridgehead atoms. The van der Waals surface area contributed by atoms with Crippen molar-refractivity contribution < 1.29 is 14.3 Å². The van der Waals surface area contributed by atoms with Gasteiger partial charge in [0.1, 0.15) is 6.04 Å². The first kappa shape index (κ1) is 17.4. The average Bonchev–Trinajstić information content (AvgIpc) is 2.90. The van der Waals surface area contributed by atoms with Crippen molar-refractivity contribution in [1.29, 1.82) is 0 Å². The van der Waals surface area contributed by atoms with Gasteiger partial charge < -0.3 is 10.1 Å². The highest BCUT2D eigenvalue weighted by Gasteiger charge is 2.25. The van der Waals surface area contributed by atoms with Gasteiger partial charge in [-0.3, -0.25) is 4.79 Å². The molecule has 1 aromatic rings. The monoisotopic (exact) mass is 316 g/mol. The lowest BCUT2D eigenvalue weighted by molar-refractivity contribution is -0.124. The summed E-state index contributed by atoms with van der Waals surface area (Å²) in [6, 6.07) is -0.591. The second kappa shape index (κ2) is 8.61. The van der Waals surface area contributed by atoms with Gasteiger partial charge in [-0.1, -0.05) is 18.6 Å². The van der Waals surface area contributed by atoms with Gasteiger partial charge in [-0.2, -0.15) is 0 Å². The molecule has 21 heavy (non-hydrogen) atoms. The van der Waals surface area contributed by atoms with Gasteiger partial charge in [0, 0.05) is 6.54 Å². The quantitative estimate of drug-likeness (QED) is 0.448. The van der Waals surface area contributed by atoms with E-state index in [-0.39, 0.29) is 24.1 Å². The minimum atomic E-state index is -0.591. The molecule has 0 saturated carbocycles. The number of halogens is 1. The Labute approximate surface area is 129 Å². The van der Waals surface area contributed by atoms with Gasteiger partial charge in [-0.05, 0) is 20.3 Å². The Kier molecular flexibility index (Phi) is 7.14. The van der Waals surface area contributed by atoms with Crippen LogP contribution in [0.15, 0.2) is 0 Å². The zero-order valence-corrected chi connectivity index (χ0v) is 13.3. The summed E-state index contributed by atoms with van der Waals surface area (Å²) in [6.07, 6.45) is 1.91. The fourth-order valence-electron chi connectivity index (χ4n) is 1.75. The molecule has 1 aromatic heterocycles. The number of aromatic nitrogens is 3. The third-order valence-corrected chi connectivity index (χ3v) is 3.22. The standard InChI is InChI=1S/C13H21ClN4O3/c1-4-6-7-15-12(19)9(3)18-10(8-14)11(16-17-18)13(20)21-5-2/h9H,4-8H2,1-3H3,(H,15,19). The van der Waals surface area contributed by atoms with Crippen LogP contribution in [0.4, 0.5) is 0 Å². The molecular weight excluding hydrogens is 296 g/mol. The summed E-state index contributed by atoms with van der Waals surface area (Å²) in [7, 11) is 0. The predicted molar refractivity (Wildman–Crippen MR) is 78.2 cm³/mol. The van der Waals surface area contributed by atoms with Crippen molar-refractivity contribution in [3.05, 3.63) is 11.4 Å². The maximum absolute atomic E-state index is 12.0. The van der Waals surface area contributed by atoms with Crippen molar-refractivity contribution in [3.8, 4) is 0 Å². The minimum absolute atomic E-state index is 0.0216. The number of rotatable bonds is 8. The number of amides is 1. The number of esters is 1. The number of carbonyl (C=O) groups excluding carboxylic acids is 2. The van der Waals surface area contributed by atoms with Crippen molar-refractivity contribution in [3.63, 3.8) is 0 Å². The Hall–Kier alpha value is -1.63. The van der Waals surface area contributed by atoms with E-state index < -0.39 is 12.0 Å². The number of hydrogen-bond donors (Lipinski definition) is 1. The zero-order valence-electron chi connectivity index (χ0n) is 12.6. The van der Waals surface area contributed by atoms with Gasteiger partial charge in [0.15, 0.2) is 5.69 Å². The molecule has 0 spiro atoms. The van der Waals surface area contributed by atoms with Crippen LogP contribution in [0.1, 0.15) is 55.8 Å². The third-order valence-electron chi connectivity index (χ3n) is 2.96. The van der Waals surface area contributed by atoms with Gasteiger partial charge in [-0.25, -0.2) is 9.48 Å². The molecule has 1 atom stereocenters. The molecule has 8 heteroatoms. The van der Waals surface area contributed by atoms with Crippen LogP contribution in [-0.2, 0) is 15.4 Å². The molecule has 1 rings (SSSR count). The van der Waals surface area contributed by atoms with Crippen LogP contribution in [-0.4, -0.2) is 40.0 Å². The van der Waals surface area contributed by atoms with Crippen LogP contribution in [0.2, 0.25) is 0 Å². The van der Waals surface area contributed by atoms with Gasteiger partial charge >= 0.3 is 5.97 Å². The number of unbranched alkanes of at least 4 members (excludes halogenated alkanes) is 1. The Morgan fingerprint density at radius 3 is 2.71 bits per heavy atom. The molecule has 0 aromatic carbocycles. The van der Waals surface area contributed by atoms with Crippen LogP contribution in [0.3, 0.4) is 0 Å². The zero-order chi connectivity index (χ0) is 15.8. The molecule has 1 heterocycles. The van der Waals surface area contributed by atoms with Crippen molar-refractivity contribution in [1.82, 2.24) is 20.3 Å². The summed E-state index contributed by atoms with van der Waals surface area (Å²) in [4.78, 5) is 23.8. The van der Waals surface area contributed by atoms with Gasteiger partial charge in [0.25, 0.3) is 0 Å². The van der Waals surface area contributed by atoms with E-state index in [1.54, 1.807) is 13.8 Å². The average molecular weight is 317 g/mol. The van der Waals surface area contributed by atoms with Gasteiger partial charge in [0.2, 0.25) is 5.91 Å². The lowest BCUT2D eigenvalue weighted by Crippen LogP contribution is -2.32. The van der Waals surface area contributed by atoms with E-state index in [1.807, 2.05) is 6.92 Å². The van der Waals surface area contributed by atoms with Crippen molar-refractivity contribution >= 4 is 23.5 Å². The first-order valence-corrected chi connectivity index (χ1v) is 7.55. The Morgan fingerprint density at radius 1 is 1.43 bits per heavy atom. The molecule has 0 fully saturated rings. The summed E-state index contributed by atoms with van der Waals surface area (Å²) in [5.41, 5.74) is 0.438. The number of hydrogen-bond acceptors (Lipinski definition) is 5. The van der Waals surface area contributed by atoms with Crippen molar-refractivity contribution in [2.24, 2.45) is 0 Å². The fraction of sp³-hybridized carbons (Fsp3) is 0.692. The van der Waals surface area contributed by atoms with Crippen LogP contribution < -0.4 is 5.32 Å². The molecule has 1 amide bonds. The fourth-order valence-corrected chi connectivity index (χ4v) is 2.00. The molecule has 1 N–H and O–H groups in total. The van der Waals surface area contributed by atoms with Crippen LogP contribution in [0, 0.1) is 0 Å². The Morgan fingerprint density at radius 2 is 2.14 bits per heavy atom. The van der Waals surface area contributed by atoms with Crippen LogP contribution >= 0.6 is 11.6 Å². The maximum Gasteiger partial charge on any atom is 0.360 e. The normalized spacial score (nSPS) is 12.0. The van der Waals surface area contributed by atoms with Crippen molar-refractivity contribution in [2.75, 3.05) is 13.2 Å². The number of nitrogens with one attached hydrogen (secondary N) is 1. The second-order valence-electron chi connectivity index (χ2n) is 4.50. The molecule has 0 aliphatic heterocycles. The largest absolute Gasteiger partial charge is 0.461 e. The number of ether oxygens (including phenoxy) is 1. The van der Waals surface area contributed by atoms with Crippen LogP contribution in [0.5, 0.6) is 0 Å². The topological polar surface area (TPSA) is 86.1 Å². The summed E-state index contributed by atoms with van der Waals surface area (Å²) >= 11 is 5.86. The van der Waals surface area contributed by atoms with Gasteiger partial charge in [-0.15, -0.1) is 16.7 Å². The van der Waals surface area contributed by atoms with E-state index in [1.165, 1.54) is 4.68 Å². The van der Waals surface area contributed by atoms with E-state index in [4.69, 9.17) is 16.3 Å². The first-order chi connectivity index (χ1) is 10.1. The highest BCUT2D eigenvalue weighted by molar-refractivity contribution is 6.17. The summed E-state index contributed by atoms with van der Waals surface area (Å²) < 4.78 is 6.25. The molecule has 0 aliphatic rings. The van der Waals surface area contributed by atoms with E-state index >= 15 is 0 Å².